The van der Waals surface area contributed by atoms with Crippen molar-refractivity contribution in [2.24, 2.45) is 11.5 Å². The van der Waals surface area contributed by atoms with E-state index in [9.17, 15) is 4.79 Å². The van der Waals surface area contributed by atoms with Gasteiger partial charge in [-0.3, -0.25) is 10.5 Å². The fourth-order valence-corrected chi connectivity index (χ4v) is 2.91. The molecule has 0 heterocycles. The molecule has 0 saturated carbocycles. The smallest absolute Gasteiger partial charge is 0.193 e. The Morgan fingerprint density at radius 1 is 0.667 bits per heavy atom. The maximum atomic E-state index is 12.7. The van der Waals surface area contributed by atoms with E-state index in [1.165, 1.54) is 0 Å². The lowest BCUT2D eigenvalue weighted by molar-refractivity contribution is 0.103. The van der Waals surface area contributed by atoms with E-state index in [-0.39, 0.29) is 5.78 Å². The Hall–Kier alpha value is -3.15. The van der Waals surface area contributed by atoms with Crippen molar-refractivity contribution in [1.29, 1.82) is 0 Å². The van der Waals surface area contributed by atoms with E-state index < -0.39 is 11.3 Å². The van der Waals surface area contributed by atoms with Gasteiger partial charge in [0, 0.05) is 16.7 Å². The third-order valence-corrected chi connectivity index (χ3v) is 4.45. The number of benzene rings is 3. The summed E-state index contributed by atoms with van der Waals surface area (Å²) in [7, 11) is 0. The number of nitrogens with two attached hydrogens (primary N) is 2. The van der Waals surface area contributed by atoms with Crippen LogP contribution in [0, 0.1) is 0 Å². The molecule has 3 aromatic carbocycles. The summed E-state index contributed by atoms with van der Waals surface area (Å²) < 4.78 is 11.4. The van der Waals surface area contributed by atoms with Crippen LogP contribution in [0.4, 0.5) is 0 Å². The molecule has 156 valence electrons. The summed E-state index contributed by atoms with van der Waals surface area (Å²) in [6.45, 7) is 7.44. The first-order valence-electron chi connectivity index (χ1n) is 9.81. The van der Waals surface area contributed by atoms with Crippen molar-refractivity contribution in [3.63, 3.8) is 0 Å². The van der Waals surface area contributed by atoms with Gasteiger partial charge in [-0.05, 0) is 81.8 Å². The highest BCUT2D eigenvalue weighted by Crippen LogP contribution is 2.26. The van der Waals surface area contributed by atoms with Gasteiger partial charge in [0.15, 0.2) is 11.5 Å². The summed E-state index contributed by atoms with van der Waals surface area (Å²) in [6, 6.07) is 21.7. The van der Waals surface area contributed by atoms with Crippen molar-refractivity contribution in [1.82, 2.24) is 0 Å². The zero-order chi connectivity index (χ0) is 21.9. The standard InChI is InChI=1S/C25H28N2O3/c1-24(2,26)19-9-5-17(6-10-19)23(28)18-7-11-20(12-8-18)29-21-13-15-22(16-14-21)30-25(3,4)27/h5-16H,26-27H2,1-4H3. The van der Waals surface area contributed by atoms with Gasteiger partial charge >= 0.3 is 0 Å². The lowest BCUT2D eigenvalue weighted by Crippen LogP contribution is -2.38. The Morgan fingerprint density at radius 2 is 1.07 bits per heavy atom. The minimum Gasteiger partial charge on any atom is -0.474 e. The second-order valence-corrected chi connectivity index (χ2v) is 8.43. The van der Waals surface area contributed by atoms with Gasteiger partial charge in [-0.1, -0.05) is 24.3 Å². The van der Waals surface area contributed by atoms with E-state index in [0.717, 1.165) is 5.56 Å². The molecule has 4 N–H and O–H groups in total. The van der Waals surface area contributed by atoms with Crippen molar-refractivity contribution in [2.75, 3.05) is 0 Å². The Bertz CT molecular complexity index is 995. The Kier molecular flexibility index (Phi) is 5.97. The number of ketones is 1. The van der Waals surface area contributed by atoms with Gasteiger partial charge in [-0.15, -0.1) is 0 Å². The molecule has 0 aromatic heterocycles. The van der Waals surface area contributed by atoms with E-state index in [1.807, 2.05) is 38.1 Å². The minimum absolute atomic E-state index is 0.0474. The fraction of sp³-hybridized carbons (Fsp3) is 0.240. The second kappa shape index (κ2) is 8.30. The predicted octanol–water partition coefficient (Wildman–Crippen LogP) is 4.98. The van der Waals surface area contributed by atoms with E-state index in [2.05, 4.69) is 0 Å². The minimum atomic E-state index is -0.744. The zero-order valence-corrected chi connectivity index (χ0v) is 17.8. The summed E-state index contributed by atoms with van der Waals surface area (Å²) in [5.74, 6) is 1.92. The molecular weight excluding hydrogens is 376 g/mol. The van der Waals surface area contributed by atoms with Crippen molar-refractivity contribution in [2.45, 2.75) is 39.0 Å². The largest absolute Gasteiger partial charge is 0.474 e. The molecule has 0 aliphatic heterocycles. The van der Waals surface area contributed by atoms with Crippen LogP contribution in [-0.2, 0) is 5.54 Å². The quantitative estimate of drug-likeness (QED) is 0.428. The average molecular weight is 405 g/mol. The van der Waals surface area contributed by atoms with E-state index >= 15 is 0 Å². The first kappa shape index (κ1) is 21.6. The van der Waals surface area contributed by atoms with Gasteiger partial charge in [0.25, 0.3) is 0 Å². The van der Waals surface area contributed by atoms with Gasteiger partial charge in [-0.25, -0.2) is 0 Å². The summed E-state index contributed by atoms with van der Waals surface area (Å²) in [6.07, 6.45) is 0. The molecule has 30 heavy (non-hydrogen) atoms. The molecule has 3 rings (SSSR count). The number of hydrogen-bond donors (Lipinski definition) is 2. The van der Waals surface area contributed by atoms with Crippen LogP contribution in [0.2, 0.25) is 0 Å². The van der Waals surface area contributed by atoms with Crippen LogP contribution in [0.5, 0.6) is 17.2 Å². The molecule has 5 nitrogen and oxygen atoms in total. The highest BCUT2D eigenvalue weighted by atomic mass is 16.5. The molecule has 0 saturated heterocycles. The molecule has 0 unspecified atom stereocenters. The SMILES string of the molecule is CC(C)(N)Oc1ccc(Oc2ccc(C(=O)c3ccc(C(C)(C)N)cc3)cc2)cc1. The fourth-order valence-electron chi connectivity index (χ4n) is 2.91. The summed E-state index contributed by atoms with van der Waals surface area (Å²) >= 11 is 0. The van der Waals surface area contributed by atoms with Crippen LogP contribution in [-0.4, -0.2) is 11.5 Å². The van der Waals surface area contributed by atoms with Crippen LogP contribution in [0.3, 0.4) is 0 Å². The molecule has 0 amide bonds. The molecule has 3 aromatic rings. The average Bonchev–Trinajstić information content (AvgIpc) is 2.68. The molecular formula is C25H28N2O3. The number of ether oxygens (including phenoxy) is 2. The predicted molar refractivity (Wildman–Crippen MR) is 119 cm³/mol. The maximum Gasteiger partial charge on any atom is 0.193 e. The first-order chi connectivity index (χ1) is 14.0. The number of carbonyl (C=O) groups excluding carboxylic acids is 1. The molecule has 0 bridgehead atoms. The lowest BCUT2D eigenvalue weighted by Gasteiger charge is -2.21. The monoisotopic (exact) mass is 404 g/mol. The summed E-state index contributed by atoms with van der Waals surface area (Å²) in [5.41, 5.74) is 13.0. The van der Waals surface area contributed by atoms with Gasteiger partial charge in [0.1, 0.15) is 17.2 Å². The van der Waals surface area contributed by atoms with Crippen LogP contribution in [0.15, 0.2) is 72.8 Å². The summed E-state index contributed by atoms with van der Waals surface area (Å²) in [5, 5.41) is 0. The second-order valence-electron chi connectivity index (χ2n) is 8.43. The molecule has 0 spiro atoms. The molecule has 0 aliphatic rings. The van der Waals surface area contributed by atoms with Gasteiger partial charge in [-0.2, -0.15) is 0 Å². The molecule has 5 heteroatoms. The van der Waals surface area contributed by atoms with Crippen molar-refractivity contribution in [3.8, 4) is 17.2 Å². The van der Waals surface area contributed by atoms with Crippen molar-refractivity contribution < 1.29 is 14.3 Å². The number of rotatable bonds is 7. The van der Waals surface area contributed by atoms with E-state index in [4.69, 9.17) is 20.9 Å². The van der Waals surface area contributed by atoms with Gasteiger partial charge in [0.2, 0.25) is 0 Å². The topological polar surface area (TPSA) is 87.6 Å². The molecule has 0 fully saturated rings. The van der Waals surface area contributed by atoms with E-state index in [0.29, 0.717) is 28.4 Å². The highest BCUT2D eigenvalue weighted by molar-refractivity contribution is 6.09. The highest BCUT2D eigenvalue weighted by Gasteiger charge is 2.16. The Morgan fingerprint density at radius 3 is 1.50 bits per heavy atom. The Labute approximate surface area is 177 Å². The number of hydrogen-bond acceptors (Lipinski definition) is 5. The Balaban J connectivity index is 1.66. The zero-order valence-electron chi connectivity index (χ0n) is 17.8. The molecule has 0 radical (unpaired) electrons. The summed E-state index contributed by atoms with van der Waals surface area (Å²) in [4.78, 5) is 12.7. The van der Waals surface area contributed by atoms with Crippen LogP contribution >= 0.6 is 0 Å². The first-order valence-corrected chi connectivity index (χ1v) is 9.81. The van der Waals surface area contributed by atoms with Gasteiger partial charge in [0.05, 0.1) is 0 Å². The third kappa shape index (κ3) is 5.69. The van der Waals surface area contributed by atoms with Crippen LogP contribution in [0.25, 0.3) is 0 Å². The van der Waals surface area contributed by atoms with Crippen LogP contribution < -0.4 is 20.9 Å². The van der Waals surface area contributed by atoms with Crippen molar-refractivity contribution in [3.05, 3.63) is 89.5 Å². The molecule has 0 atom stereocenters. The normalized spacial score (nSPS) is 11.8. The lowest BCUT2D eigenvalue weighted by atomic mass is 9.93. The van der Waals surface area contributed by atoms with Crippen LogP contribution in [0.1, 0.15) is 49.2 Å². The third-order valence-electron chi connectivity index (χ3n) is 4.45. The maximum absolute atomic E-state index is 12.7. The van der Waals surface area contributed by atoms with Gasteiger partial charge < -0.3 is 15.2 Å². The van der Waals surface area contributed by atoms with Crippen molar-refractivity contribution >= 4 is 5.78 Å². The molecule has 0 aliphatic carbocycles. The van der Waals surface area contributed by atoms with E-state index in [1.54, 1.807) is 62.4 Å². The number of carbonyl (C=O) groups is 1.